The first-order valence-electron chi connectivity index (χ1n) is 5.38. The Hall–Kier alpha value is -1.51. The van der Waals surface area contributed by atoms with Gasteiger partial charge in [-0.05, 0) is 31.0 Å². The highest BCUT2D eigenvalue weighted by Gasteiger charge is 2.23. The van der Waals surface area contributed by atoms with Crippen LogP contribution in [0.3, 0.4) is 0 Å². The molecular formula is C13H18O3. The molecule has 0 amide bonds. The molecule has 1 unspecified atom stereocenters. The molecule has 88 valence electrons. The Morgan fingerprint density at radius 3 is 2.44 bits per heavy atom. The van der Waals surface area contributed by atoms with Gasteiger partial charge in [-0.25, -0.2) is 4.79 Å². The van der Waals surface area contributed by atoms with E-state index in [4.69, 9.17) is 9.84 Å². The molecule has 0 saturated carbocycles. The zero-order valence-corrected chi connectivity index (χ0v) is 10.2. The van der Waals surface area contributed by atoms with Crippen molar-refractivity contribution in [3.63, 3.8) is 0 Å². The summed E-state index contributed by atoms with van der Waals surface area (Å²) in [4.78, 5) is 11.0. The van der Waals surface area contributed by atoms with E-state index in [0.29, 0.717) is 5.75 Å². The minimum atomic E-state index is -0.920. The van der Waals surface area contributed by atoms with Crippen molar-refractivity contribution in [2.45, 2.75) is 33.8 Å². The fourth-order valence-electron chi connectivity index (χ4n) is 1.44. The SMILES string of the molecule is Cc1ccc(C)c(OC(C(=O)O)C(C)C)c1. The molecular weight excluding hydrogens is 204 g/mol. The van der Waals surface area contributed by atoms with Gasteiger partial charge in [0.05, 0.1) is 0 Å². The lowest BCUT2D eigenvalue weighted by Gasteiger charge is -2.19. The molecule has 0 spiro atoms. The van der Waals surface area contributed by atoms with Crippen molar-refractivity contribution in [3.05, 3.63) is 29.3 Å². The molecule has 16 heavy (non-hydrogen) atoms. The minimum absolute atomic E-state index is 0.0580. The monoisotopic (exact) mass is 222 g/mol. The first-order chi connectivity index (χ1) is 7.41. The topological polar surface area (TPSA) is 46.5 Å². The van der Waals surface area contributed by atoms with Gasteiger partial charge in [-0.15, -0.1) is 0 Å². The minimum Gasteiger partial charge on any atom is -0.478 e. The van der Waals surface area contributed by atoms with Crippen molar-refractivity contribution < 1.29 is 14.6 Å². The third kappa shape index (κ3) is 2.99. The molecule has 0 aliphatic carbocycles. The summed E-state index contributed by atoms with van der Waals surface area (Å²) in [7, 11) is 0. The molecule has 0 bridgehead atoms. The van der Waals surface area contributed by atoms with Crippen LogP contribution in [0.5, 0.6) is 5.75 Å². The fourth-order valence-corrected chi connectivity index (χ4v) is 1.44. The molecule has 0 saturated heterocycles. The van der Waals surface area contributed by atoms with Crippen LogP contribution in [0.4, 0.5) is 0 Å². The number of carbonyl (C=O) groups is 1. The third-order valence-corrected chi connectivity index (χ3v) is 2.45. The second kappa shape index (κ2) is 5.01. The molecule has 1 aromatic rings. The molecule has 1 aromatic carbocycles. The number of hydrogen-bond acceptors (Lipinski definition) is 2. The average molecular weight is 222 g/mol. The molecule has 0 heterocycles. The van der Waals surface area contributed by atoms with Crippen LogP contribution in [0.25, 0.3) is 0 Å². The van der Waals surface area contributed by atoms with E-state index in [1.165, 1.54) is 0 Å². The van der Waals surface area contributed by atoms with Crippen LogP contribution in [-0.4, -0.2) is 17.2 Å². The Labute approximate surface area is 96.1 Å². The van der Waals surface area contributed by atoms with Crippen molar-refractivity contribution >= 4 is 5.97 Å². The van der Waals surface area contributed by atoms with Gasteiger partial charge < -0.3 is 9.84 Å². The van der Waals surface area contributed by atoms with Crippen LogP contribution in [0.2, 0.25) is 0 Å². The van der Waals surface area contributed by atoms with Gasteiger partial charge in [0.15, 0.2) is 6.10 Å². The van der Waals surface area contributed by atoms with Crippen molar-refractivity contribution in [2.24, 2.45) is 5.92 Å². The standard InChI is InChI=1S/C13H18O3/c1-8(2)12(13(14)15)16-11-7-9(3)5-6-10(11)4/h5-8,12H,1-4H3,(H,14,15). The van der Waals surface area contributed by atoms with E-state index < -0.39 is 12.1 Å². The first kappa shape index (κ1) is 12.6. The average Bonchev–Trinajstić information content (AvgIpc) is 2.18. The van der Waals surface area contributed by atoms with Gasteiger partial charge in [0.1, 0.15) is 5.75 Å². The molecule has 0 aromatic heterocycles. The number of benzene rings is 1. The number of aliphatic carboxylic acids is 1. The number of hydrogen-bond donors (Lipinski definition) is 1. The molecule has 0 radical (unpaired) electrons. The van der Waals surface area contributed by atoms with Gasteiger partial charge >= 0.3 is 5.97 Å². The largest absolute Gasteiger partial charge is 0.478 e. The van der Waals surface area contributed by atoms with Gasteiger partial charge in [0, 0.05) is 5.92 Å². The third-order valence-electron chi connectivity index (χ3n) is 2.45. The van der Waals surface area contributed by atoms with E-state index in [1.807, 2.05) is 45.9 Å². The van der Waals surface area contributed by atoms with E-state index in [-0.39, 0.29) is 5.92 Å². The number of rotatable bonds is 4. The Morgan fingerprint density at radius 1 is 1.31 bits per heavy atom. The van der Waals surface area contributed by atoms with Crippen LogP contribution < -0.4 is 4.74 Å². The van der Waals surface area contributed by atoms with Crippen molar-refractivity contribution in [2.75, 3.05) is 0 Å². The summed E-state index contributed by atoms with van der Waals surface area (Å²) in [5, 5.41) is 9.04. The van der Waals surface area contributed by atoms with Crippen LogP contribution in [0.15, 0.2) is 18.2 Å². The molecule has 1 atom stereocenters. The summed E-state index contributed by atoms with van der Waals surface area (Å²) < 4.78 is 5.55. The van der Waals surface area contributed by atoms with Crippen molar-refractivity contribution in [1.82, 2.24) is 0 Å². The highest BCUT2D eigenvalue weighted by molar-refractivity contribution is 5.73. The second-order valence-corrected chi connectivity index (χ2v) is 4.39. The highest BCUT2D eigenvalue weighted by Crippen LogP contribution is 2.22. The molecule has 3 heteroatoms. The Balaban J connectivity index is 2.93. The van der Waals surface area contributed by atoms with Crippen LogP contribution in [0.1, 0.15) is 25.0 Å². The lowest BCUT2D eigenvalue weighted by Crippen LogP contribution is -2.32. The number of ether oxygens (including phenoxy) is 1. The van der Waals surface area contributed by atoms with Gasteiger partial charge in [-0.3, -0.25) is 0 Å². The molecule has 3 nitrogen and oxygen atoms in total. The Bertz CT molecular complexity index is 383. The lowest BCUT2D eigenvalue weighted by atomic mass is 10.1. The van der Waals surface area contributed by atoms with E-state index in [9.17, 15) is 4.79 Å². The maximum absolute atomic E-state index is 11.0. The van der Waals surface area contributed by atoms with Crippen molar-refractivity contribution in [3.8, 4) is 5.75 Å². The summed E-state index contributed by atoms with van der Waals surface area (Å²) in [6, 6.07) is 5.78. The predicted octanol–water partition coefficient (Wildman–Crippen LogP) is 2.79. The molecule has 0 fully saturated rings. The smallest absolute Gasteiger partial charge is 0.345 e. The summed E-state index contributed by atoms with van der Waals surface area (Å²) in [6.45, 7) is 7.54. The molecule has 1 N–H and O–H groups in total. The summed E-state index contributed by atoms with van der Waals surface area (Å²) >= 11 is 0. The maximum Gasteiger partial charge on any atom is 0.345 e. The zero-order valence-electron chi connectivity index (χ0n) is 10.2. The Morgan fingerprint density at radius 2 is 1.94 bits per heavy atom. The van der Waals surface area contributed by atoms with Crippen LogP contribution in [0, 0.1) is 19.8 Å². The highest BCUT2D eigenvalue weighted by atomic mass is 16.5. The van der Waals surface area contributed by atoms with Gasteiger partial charge in [-0.2, -0.15) is 0 Å². The van der Waals surface area contributed by atoms with E-state index >= 15 is 0 Å². The first-order valence-corrected chi connectivity index (χ1v) is 5.38. The molecule has 1 rings (SSSR count). The molecule has 0 aliphatic rings. The summed E-state index contributed by atoms with van der Waals surface area (Å²) in [6.07, 6.45) is -0.791. The maximum atomic E-state index is 11.0. The number of aryl methyl sites for hydroxylation is 2. The van der Waals surface area contributed by atoms with Crippen LogP contribution >= 0.6 is 0 Å². The normalized spacial score (nSPS) is 12.6. The van der Waals surface area contributed by atoms with E-state index in [2.05, 4.69) is 0 Å². The zero-order chi connectivity index (χ0) is 12.3. The number of carboxylic acids is 1. The van der Waals surface area contributed by atoms with Gasteiger partial charge in [0.2, 0.25) is 0 Å². The second-order valence-electron chi connectivity index (χ2n) is 4.39. The summed E-state index contributed by atoms with van der Waals surface area (Å²) in [5.41, 5.74) is 2.02. The number of carboxylic acid groups (broad SMARTS) is 1. The van der Waals surface area contributed by atoms with Gasteiger partial charge in [0.25, 0.3) is 0 Å². The molecule has 0 aliphatic heterocycles. The summed E-state index contributed by atoms with van der Waals surface area (Å²) in [5.74, 6) is -0.325. The van der Waals surface area contributed by atoms with E-state index in [0.717, 1.165) is 11.1 Å². The Kier molecular flexibility index (Phi) is 3.93. The van der Waals surface area contributed by atoms with Crippen LogP contribution in [-0.2, 0) is 4.79 Å². The lowest BCUT2D eigenvalue weighted by molar-refractivity contribution is -0.147. The van der Waals surface area contributed by atoms with E-state index in [1.54, 1.807) is 0 Å². The van der Waals surface area contributed by atoms with Gasteiger partial charge in [-0.1, -0.05) is 26.0 Å². The predicted molar refractivity (Wildman–Crippen MR) is 62.8 cm³/mol. The fraction of sp³-hybridized carbons (Fsp3) is 0.462. The quantitative estimate of drug-likeness (QED) is 0.852. The van der Waals surface area contributed by atoms with Crippen molar-refractivity contribution in [1.29, 1.82) is 0 Å².